The molecule has 3 aliphatic rings. The molecule has 0 aliphatic heterocycles. The minimum atomic E-state index is -1.05. The van der Waals surface area contributed by atoms with Crippen molar-refractivity contribution in [2.45, 2.75) is 142 Å². The third kappa shape index (κ3) is 8.42. The van der Waals surface area contributed by atoms with Crippen molar-refractivity contribution in [3.63, 3.8) is 0 Å². The van der Waals surface area contributed by atoms with Gasteiger partial charge >= 0.3 is 5.97 Å². The molecule has 5 nitrogen and oxygen atoms in total. The van der Waals surface area contributed by atoms with Gasteiger partial charge in [0.05, 0.1) is 6.61 Å². The second-order valence-electron chi connectivity index (χ2n) is 11.7. The Bertz CT molecular complexity index is 696. The number of allylic oxidation sites excluding steroid dienone is 1. The van der Waals surface area contributed by atoms with Gasteiger partial charge in [-0.25, -0.2) is 4.79 Å². The maximum absolute atomic E-state index is 12.6. The van der Waals surface area contributed by atoms with Crippen LogP contribution in [0.25, 0.3) is 0 Å². The Hall–Kier alpha value is -1.20. The van der Waals surface area contributed by atoms with E-state index in [-0.39, 0.29) is 17.9 Å². The van der Waals surface area contributed by atoms with Gasteiger partial charge in [-0.1, -0.05) is 97.1 Å². The zero-order chi connectivity index (χ0) is 25.9. The summed E-state index contributed by atoms with van der Waals surface area (Å²) in [6.07, 6.45) is 19.5. The van der Waals surface area contributed by atoms with Crippen molar-refractivity contribution >= 4 is 11.7 Å². The number of unbranched alkanes of at least 4 members (excludes halogenated alkanes) is 11. The molecule has 202 valence electrons. The fraction of sp³-hybridized carbons (Fsp3) is 0.867. The van der Waals surface area contributed by atoms with Crippen molar-refractivity contribution in [3.05, 3.63) is 12.2 Å². The summed E-state index contributed by atoms with van der Waals surface area (Å²) in [5, 5.41) is 22.0. The number of hydrogen-bond acceptors (Lipinski definition) is 5. The molecule has 0 aromatic carbocycles. The van der Waals surface area contributed by atoms with Gasteiger partial charge in [0.1, 0.15) is 11.7 Å². The summed E-state index contributed by atoms with van der Waals surface area (Å²) in [5.74, 6) is 0.0632. The summed E-state index contributed by atoms with van der Waals surface area (Å²) in [5.41, 5.74) is -0.342. The summed E-state index contributed by atoms with van der Waals surface area (Å²) in [6.45, 7) is 10.5. The normalized spacial score (nSPS) is 28.1. The summed E-state index contributed by atoms with van der Waals surface area (Å²) >= 11 is 0. The largest absolute Gasteiger partial charge is 0.464 e. The van der Waals surface area contributed by atoms with Crippen LogP contribution in [0.5, 0.6) is 0 Å². The lowest BCUT2D eigenvalue weighted by atomic mass is 9.44. The predicted molar refractivity (Wildman–Crippen MR) is 145 cm³/mol. The lowest BCUT2D eigenvalue weighted by Crippen LogP contribution is -2.65. The molecule has 3 aliphatic carbocycles. The zero-order valence-corrected chi connectivity index (χ0v) is 23.2. The molecule has 0 spiro atoms. The van der Waals surface area contributed by atoms with E-state index in [0.29, 0.717) is 18.1 Å². The van der Waals surface area contributed by atoms with Crippen molar-refractivity contribution in [2.24, 2.45) is 22.2 Å². The van der Waals surface area contributed by atoms with Crippen LogP contribution in [-0.2, 0) is 9.53 Å². The van der Waals surface area contributed by atoms with Gasteiger partial charge in [-0.15, -0.1) is 0 Å². The molecular formula is C30H53NO4. The first-order valence-electron chi connectivity index (χ1n) is 14.5. The summed E-state index contributed by atoms with van der Waals surface area (Å²) in [4.78, 5) is 17.2. The van der Waals surface area contributed by atoms with E-state index >= 15 is 0 Å². The lowest BCUT2D eigenvalue weighted by molar-refractivity contribution is -0.147. The quantitative estimate of drug-likeness (QED) is 0.133. The van der Waals surface area contributed by atoms with Gasteiger partial charge in [0.25, 0.3) is 0 Å². The SMILES string of the molecule is CCCCCCCCCCCCC/C=C/C(O)C(N=C1C[C@@H]2C[C@@H](C2(C)C)[C@]1(C)O)C(=O)OCC. The number of nitrogens with zero attached hydrogens (tertiary/aromatic N) is 1. The van der Waals surface area contributed by atoms with Gasteiger partial charge in [0.2, 0.25) is 0 Å². The molecule has 0 amide bonds. The highest BCUT2D eigenvalue weighted by atomic mass is 16.5. The standard InChI is InChI=1S/C30H53NO4/c1-6-8-9-10-11-12-13-14-15-16-17-18-19-20-24(32)27(28(33)35-7-2)31-26-22-23-21-25(29(23,3)4)30(26,5)34/h19-20,23-25,27,32,34H,6-18,21-22H2,1-5H3/b20-19+,31-26?/t23-,24?,25-,27?,30-/m0/s1. The topological polar surface area (TPSA) is 79.1 Å². The lowest BCUT2D eigenvalue weighted by Gasteiger charge is -2.62. The van der Waals surface area contributed by atoms with E-state index < -0.39 is 23.7 Å². The monoisotopic (exact) mass is 491 g/mol. The third-order valence-electron chi connectivity index (χ3n) is 8.63. The van der Waals surface area contributed by atoms with Crippen molar-refractivity contribution in [1.82, 2.24) is 0 Å². The first kappa shape index (κ1) is 30.0. The van der Waals surface area contributed by atoms with E-state index in [1.165, 1.54) is 64.2 Å². The molecule has 5 atom stereocenters. The number of fused-ring (bicyclic) bond motifs is 2. The minimum absolute atomic E-state index is 0.0785. The molecule has 0 saturated heterocycles. The Labute approximate surface area is 214 Å². The second kappa shape index (κ2) is 14.5. The van der Waals surface area contributed by atoms with Crippen molar-refractivity contribution in [1.29, 1.82) is 0 Å². The van der Waals surface area contributed by atoms with Gasteiger partial charge in [-0.3, -0.25) is 4.99 Å². The van der Waals surface area contributed by atoms with Crippen LogP contribution in [0.1, 0.15) is 125 Å². The van der Waals surface area contributed by atoms with Gasteiger partial charge < -0.3 is 14.9 Å². The Morgan fingerprint density at radius 1 is 1.03 bits per heavy atom. The van der Waals surface area contributed by atoms with E-state index in [4.69, 9.17) is 4.74 Å². The van der Waals surface area contributed by atoms with Crippen LogP contribution in [-0.4, -0.2) is 46.2 Å². The minimum Gasteiger partial charge on any atom is -0.464 e. The maximum atomic E-state index is 12.6. The van der Waals surface area contributed by atoms with Gasteiger partial charge in [-0.05, 0) is 56.8 Å². The molecule has 0 aromatic heterocycles. The van der Waals surface area contributed by atoms with Gasteiger partial charge in [-0.2, -0.15) is 0 Å². The molecule has 2 N–H and O–H groups in total. The number of aliphatic imine (C=N–C) groups is 1. The smallest absolute Gasteiger partial charge is 0.333 e. The Kier molecular flexibility index (Phi) is 12.5. The van der Waals surface area contributed by atoms with Crippen molar-refractivity contribution in [3.8, 4) is 0 Å². The Morgan fingerprint density at radius 2 is 1.60 bits per heavy atom. The van der Waals surface area contributed by atoms with E-state index in [2.05, 4.69) is 25.8 Å². The molecule has 0 aromatic rings. The Morgan fingerprint density at radius 3 is 2.11 bits per heavy atom. The number of carbonyl (C=O) groups is 1. The number of esters is 1. The molecule has 2 bridgehead atoms. The molecule has 3 fully saturated rings. The maximum Gasteiger partial charge on any atom is 0.333 e. The number of aliphatic hydroxyl groups is 2. The highest BCUT2D eigenvalue weighted by Crippen LogP contribution is 2.61. The first-order valence-corrected chi connectivity index (χ1v) is 14.5. The summed E-state index contributed by atoms with van der Waals surface area (Å²) < 4.78 is 5.21. The predicted octanol–water partition coefficient (Wildman–Crippen LogP) is 6.79. The Balaban J connectivity index is 1.78. The average molecular weight is 492 g/mol. The second-order valence-corrected chi connectivity index (χ2v) is 11.7. The number of aliphatic hydroxyl groups excluding tert-OH is 1. The highest BCUT2D eigenvalue weighted by molar-refractivity contribution is 5.96. The zero-order valence-electron chi connectivity index (χ0n) is 23.2. The molecule has 3 saturated carbocycles. The van der Waals surface area contributed by atoms with Crippen LogP contribution < -0.4 is 0 Å². The molecule has 0 heterocycles. The number of hydrogen-bond donors (Lipinski definition) is 2. The number of rotatable bonds is 17. The van der Waals surface area contributed by atoms with Gasteiger partial charge in [0, 0.05) is 5.71 Å². The van der Waals surface area contributed by atoms with E-state index in [0.717, 1.165) is 19.3 Å². The van der Waals surface area contributed by atoms with Crippen LogP contribution in [0.4, 0.5) is 0 Å². The van der Waals surface area contributed by atoms with Crippen molar-refractivity contribution in [2.75, 3.05) is 6.61 Å². The first-order chi connectivity index (χ1) is 16.7. The van der Waals surface area contributed by atoms with E-state index in [1.807, 2.05) is 13.0 Å². The average Bonchev–Trinajstić information content (AvgIpc) is 2.80. The van der Waals surface area contributed by atoms with Gasteiger partial charge in [0.15, 0.2) is 6.04 Å². The summed E-state index contributed by atoms with van der Waals surface area (Å²) in [7, 11) is 0. The highest BCUT2D eigenvalue weighted by Gasteiger charge is 2.61. The molecule has 3 rings (SSSR count). The third-order valence-corrected chi connectivity index (χ3v) is 8.63. The number of carbonyl (C=O) groups excluding carboxylic acids is 1. The fourth-order valence-electron chi connectivity index (χ4n) is 6.07. The van der Waals surface area contributed by atoms with Crippen LogP contribution in [0.2, 0.25) is 0 Å². The summed E-state index contributed by atoms with van der Waals surface area (Å²) in [6, 6.07) is -1.02. The van der Waals surface area contributed by atoms with E-state index in [1.54, 1.807) is 13.0 Å². The molecule has 0 radical (unpaired) electrons. The molecular weight excluding hydrogens is 438 g/mol. The number of ether oxygens (including phenoxy) is 1. The van der Waals surface area contributed by atoms with Crippen LogP contribution in [0.15, 0.2) is 17.1 Å². The fourth-order valence-corrected chi connectivity index (χ4v) is 6.07. The van der Waals surface area contributed by atoms with Crippen LogP contribution in [0.3, 0.4) is 0 Å². The molecule has 5 heteroatoms. The van der Waals surface area contributed by atoms with Crippen LogP contribution in [0, 0.1) is 17.3 Å². The van der Waals surface area contributed by atoms with Crippen molar-refractivity contribution < 1.29 is 19.7 Å². The van der Waals surface area contributed by atoms with E-state index in [9.17, 15) is 15.0 Å². The molecule has 2 unspecified atom stereocenters. The molecule has 35 heavy (non-hydrogen) atoms. The van der Waals surface area contributed by atoms with Crippen LogP contribution >= 0.6 is 0 Å².